The molecule has 0 spiro atoms. The fourth-order valence-electron chi connectivity index (χ4n) is 2.12. The predicted molar refractivity (Wildman–Crippen MR) is 62.7 cm³/mol. The summed E-state index contributed by atoms with van der Waals surface area (Å²) in [7, 11) is 0. The fourth-order valence-corrected chi connectivity index (χ4v) is 2.12. The van der Waals surface area contributed by atoms with Gasteiger partial charge >= 0.3 is 0 Å². The van der Waals surface area contributed by atoms with Gasteiger partial charge in [-0.25, -0.2) is 4.39 Å². The minimum Gasteiger partial charge on any atom is -0.357 e. The number of aromatic amines is 1. The predicted octanol–water partition coefficient (Wildman–Crippen LogP) is 2.95. The van der Waals surface area contributed by atoms with Crippen LogP contribution in [-0.4, -0.2) is 11.0 Å². The van der Waals surface area contributed by atoms with Crippen molar-refractivity contribution in [2.24, 2.45) is 0 Å². The Morgan fingerprint density at radius 3 is 2.94 bits per heavy atom. The minimum atomic E-state index is -0.187. The van der Waals surface area contributed by atoms with Gasteiger partial charge in [0.1, 0.15) is 5.82 Å². The van der Waals surface area contributed by atoms with Crippen molar-refractivity contribution in [2.75, 3.05) is 0 Å². The number of halogens is 1. The molecule has 3 heteroatoms. The van der Waals surface area contributed by atoms with Gasteiger partial charge in [-0.05, 0) is 42.5 Å². The molecular formula is C13H15FN2. The topological polar surface area (TPSA) is 27.8 Å². The maximum atomic E-state index is 13.0. The SMILES string of the molecule is Fc1ccc2cc(CNC3CCC3)[nH]c2c1. The Hall–Kier alpha value is -1.35. The number of aromatic nitrogens is 1. The lowest BCUT2D eigenvalue weighted by Gasteiger charge is -2.26. The highest BCUT2D eigenvalue weighted by Crippen LogP contribution is 2.20. The number of rotatable bonds is 3. The van der Waals surface area contributed by atoms with E-state index in [0.29, 0.717) is 6.04 Å². The van der Waals surface area contributed by atoms with Crippen LogP contribution in [0.25, 0.3) is 10.9 Å². The average molecular weight is 218 g/mol. The zero-order valence-corrected chi connectivity index (χ0v) is 9.09. The van der Waals surface area contributed by atoms with Gasteiger partial charge in [-0.2, -0.15) is 0 Å². The number of H-pyrrole nitrogens is 1. The summed E-state index contributed by atoms with van der Waals surface area (Å²) < 4.78 is 13.0. The molecule has 1 aromatic carbocycles. The summed E-state index contributed by atoms with van der Waals surface area (Å²) in [5, 5.41) is 4.56. The second-order valence-corrected chi connectivity index (χ2v) is 4.53. The van der Waals surface area contributed by atoms with Gasteiger partial charge < -0.3 is 10.3 Å². The van der Waals surface area contributed by atoms with Gasteiger partial charge in [0.2, 0.25) is 0 Å². The molecule has 0 radical (unpaired) electrons. The molecule has 3 rings (SSSR count). The number of hydrogen-bond donors (Lipinski definition) is 2. The Kier molecular flexibility index (Phi) is 2.40. The van der Waals surface area contributed by atoms with Gasteiger partial charge in [-0.15, -0.1) is 0 Å². The quantitative estimate of drug-likeness (QED) is 0.814. The van der Waals surface area contributed by atoms with E-state index in [9.17, 15) is 4.39 Å². The van der Waals surface area contributed by atoms with Crippen molar-refractivity contribution in [3.8, 4) is 0 Å². The molecule has 16 heavy (non-hydrogen) atoms. The summed E-state index contributed by atoms with van der Waals surface area (Å²) in [4.78, 5) is 3.24. The van der Waals surface area contributed by atoms with Crippen LogP contribution in [0.2, 0.25) is 0 Å². The Morgan fingerprint density at radius 2 is 2.19 bits per heavy atom. The first-order valence-corrected chi connectivity index (χ1v) is 5.82. The Balaban J connectivity index is 1.76. The molecule has 1 fully saturated rings. The van der Waals surface area contributed by atoms with Gasteiger partial charge in [-0.1, -0.05) is 6.42 Å². The summed E-state index contributed by atoms with van der Waals surface area (Å²) >= 11 is 0. The maximum absolute atomic E-state index is 13.0. The second kappa shape index (κ2) is 3.91. The highest BCUT2D eigenvalue weighted by atomic mass is 19.1. The molecule has 0 bridgehead atoms. The van der Waals surface area contributed by atoms with Gasteiger partial charge in [0.25, 0.3) is 0 Å². The normalized spacial score (nSPS) is 16.6. The molecule has 1 aliphatic carbocycles. The number of fused-ring (bicyclic) bond motifs is 1. The first kappa shape index (κ1) is 9.85. The second-order valence-electron chi connectivity index (χ2n) is 4.53. The van der Waals surface area contributed by atoms with Gasteiger partial charge in [0.05, 0.1) is 0 Å². The van der Waals surface area contributed by atoms with Crippen molar-refractivity contribution in [1.82, 2.24) is 10.3 Å². The van der Waals surface area contributed by atoms with E-state index in [1.807, 2.05) is 6.07 Å². The molecule has 1 aromatic heterocycles. The van der Waals surface area contributed by atoms with Crippen LogP contribution in [0.5, 0.6) is 0 Å². The summed E-state index contributed by atoms with van der Waals surface area (Å²) in [6, 6.07) is 7.62. The van der Waals surface area contributed by atoms with Crippen LogP contribution >= 0.6 is 0 Å². The summed E-state index contributed by atoms with van der Waals surface area (Å²) in [5.41, 5.74) is 2.01. The molecule has 1 heterocycles. The number of hydrogen-bond acceptors (Lipinski definition) is 1. The summed E-state index contributed by atoms with van der Waals surface area (Å²) in [6.45, 7) is 0.848. The molecule has 2 N–H and O–H groups in total. The lowest BCUT2D eigenvalue weighted by molar-refractivity contribution is 0.337. The Morgan fingerprint density at radius 1 is 1.31 bits per heavy atom. The molecule has 2 aromatic rings. The van der Waals surface area contributed by atoms with E-state index in [0.717, 1.165) is 23.1 Å². The van der Waals surface area contributed by atoms with Crippen LogP contribution in [0.3, 0.4) is 0 Å². The Bertz CT molecular complexity index is 500. The molecule has 0 atom stereocenters. The van der Waals surface area contributed by atoms with Crippen molar-refractivity contribution in [3.05, 3.63) is 35.8 Å². The molecule has 0 amide bonds. The van der Waals surface area contributed by atoms with Crippen molar-refractivity contribution in [3.63, 3.8) is 0 Å². The van der Waals surface area contributed by atoms with E-state index in [4.69, 9.17) is 0 Å². The largest absolute Gasteiger partial charge is 0.357 e. The van der Waals surface area contributed by atoms with E-state index >= 15 is 0 Å². The van der Waals surface area contributed by atoms with Crippen molar-refractivity contribution >= 4 is 10.9 Å². The third-order valence-electron chi connectivity index (χ3n) is 3.33. The smallest absolute Gasteiger partial charge is 0.125 e. The molecular weight excluding hydrogens is 203 g/mol. The zero-order valence-electron chi connectivity index (χ0n) is 9.09. The van der Waals surface area contributed by atoms with Gasteiger partial charge in [0, 0.05) is 23.8 Å². The highest BCUT2D eigenvalue weighted by Gasteiger charge is 2.16. The third-order valence-corrected chi connectivity index (χ3v) is 3.33. The summed E-state index contributed by atoms with van der Waals surface area (Å²) in [5.74, 6) is -0.187. The van der Waals surface area contributed by atoms with Gasteiger partial charge in [0.15, 0.2) is 0 Å². The zero-order chi connectivity index (χ0) is 11.0. The van der Waals surface area contributed by atoms with Crippen LogP contribution in [0, 0.1) is 5.82 Å². The van der Waals surface area contributed by atoms with Crippen LogP contribution in [0.4, 0.5) is 4.39 Å². The van der Waals surface area contributed by atoms with Crippen LogP contribution < -0.4 is 5.32 Å². The third kappa shape index (κ3) is 1.83. The molecule has 1 aliphatic rings. The Labute approximate surface area is 93.9 Å². The maximum Gasteiger partial charge on any atom is 0.125 e. The fraction of sp³-hybridized carbons (Fsp3) is 0.385. The lowest BCUT2D eigenvalue weighted by atomic mass is 9.93. The van der Waals surface area contributed by atoms with Crippen molar-refractivity contribution in [2.45, 2.75) is 31.8 Å². The first-order valence-electron chi connectivity index (χ1n) is 5.82. The van der Waals surface area contributed by atoms with E-state index in [1.165, 1.54) is 25.3 Å². The van der Waals surface area contributed by atoms with E-state index < -0.39 is 0 Å². The highest BCUT2D eigenvalue weighted by molar-refractivity contribution is 5.80. The van der Waals surface area contributed by atoms with Crippen molar-refractivity contribution in [1.29, 1.82) is 0 Å². The summed E-state index contributed by atoms with van der Waals surface area (Å²) in [6.07, 6.45) is 3.92. The molecule has 84 valence electrons. The number of benzene rings is 1. The van der Waals surface area contributed by atoms with E-state index in [1.54, 1.807) is 6.07 Å². The van der Waals surface area contributed by atoms with Crippen LogP contribution in [0.1, 0.15) is 25.0 Å². The molecule has 1 saturated carbocycles. The monoisotopic (exact) mass is 218 g/mol. The van der Waals surface area contributed by atoms with Crippen molar-refractivity contribution < 1.29 is 4.39 Å². The molecule has 0 aliphatic heterocycles. The van der Waals surface area contributed by atoms with Gasteiger partial charge in [-0.3, -0.25) is 0 Å². The van der Waals surface area contributed by atoms with Crippen LogP contribution in [0.15, 0.2) is 24.3 Å². The van der Waals surface area contributed by atoms with E-state index in [2.05, 4.69) is 16.4 Å². The number of nitrogens with one attached hydrogen (secondary N) is 2. The molecule has 2 nitrogen and oxygen atoms in total. The first-order chi connectivity index (χ1) is 7.81. The average Bonchev–Trinajstić information content (AvgIpc) is 2.57. The lowest BCUT2D eigenvalue weighted by Crippen LogP contribution is -2.34. The van der Waals surface area contributed by atoms with E-state index in [-0.39, 0.29) is 5.82 Å². The minimum absolute atomic E-state index is 0.187. The molecule has 0 unspecified atom stereocenters. The molecule has 0 saturated heterocycles. The standard InChI is InChI=1S/C13H15FN2/c14-10-5-4-9-6-12(16-13(9)7-10)8-15-11-2-1-3-11/h4-7,11,15-16H,1-3,8H2. The van der Waals surface area contributed by atoms with Crippen LogP contribution in [-0.2, 0) is 6.54 Å².